The fraction of sp³-hybridized carbons (Fsp3) is 0. The molecule has 0 aliphatic rings. The van der Waals surface area contributed by atoms with Crippen molar-refractivity contribution in [1.82, 2.24) is 0 Å². The van der Waals surface area contributed by atoms with Crippen molar-refractivity contribution in [2.24, 2.45) is 0 Å². The van der Waals surface area contributed by atoms with Crippen LogP contribution in [0.15, 0.2) is 58.5 Å². The molecular weight excluding hydrogens is 442 g/mol. The number of nitrogens with one attached hydrogen (secondary N) is 1. The van der Waals surface area contributed by atoms with Crippen molar-refractivity contribution in [3.05, 3.63) is 80.0 Å². The Morgan fingerprint density at radius 1 is 0.964 bits per heavy atom. The number of hydrogen-bond acceptors (Lipinski definition) is 3. The predicted octanol–water partition coefficient (Wildman–Crippen LogP) is 7.11. The van der Waals surface area contributed by atoms with Crippen molar-refractivity contribution in [3.8, 4) is 17.4 Å². The summed E-state index contributed by atoms with van der Waals surface area (Å²) in [5.41, 5.74) is 0.725. The first-order valence-electron chi connectivity index (χ1n) is 7.82. The molecule has 4 nitrogen and oxygen atoms in total. The number of carbonyl (C=O) groups is 1. The third-order valence-corrected chi connectivity index (χ3v) is 5.33. The fourth-order valence-electron chi connectivity index (χ4n) is 2.35. The summed E-state index contributed by atoms with van der Waals surface area (Å²) in [7, 11) is 0. The molecule has 1 aromatic heterocycles. The smallest absolute Gasteiger partial charge is 0.266 e. The lowest BCUT2D eigenvalue weighted by atomic mass is 10.2. The lowest BCUT2D eigenvalue weighted by molar-refractivity contribution is -0.112. The fourth-order valence-corrected chi connectivity index (χ4v) is 3.09. The number of amides is 1. The van der Waals surface area contributed by atoms with E-state index in [1.165, 1.54) is 6.08 Å². The summed E-state index contributed by atoms with van der Waals surface area (Å²) in [5.74, 6) is 0.106. The molecule has 0 unspecified atom stereocenters. The molecule has 0 aliphatic carbocycles. The quantitative estimate of drug-likeness (QED) is 0.339. The van der Waals surface area contributed by atoms with Gasteiger partial charge in [0.2, 0.25) is 0 Å². The first-order chi connectivity index (χ1) is 13.4. The van der Waals surface area contributed by atoms with Gasteiger partial charge in [-0.1, -0.05) is 58.5 Å². The lowest BCUT2D eigenvalue weighted by Crippen LogP contribution is -2.13. The molecule has 0 bridgehead atoms. The van der Waals surface area contributed by atoms with Crippen LogP contribution >= 0.6 is 46.4 Å². The highest BCUT2D eigenvalue weighted by atomic mass is 35.5. The van der Waals surface area contributed by atoms with Gasteiger partial charge in [-0.05, 0) is 36.4 Å². The number of halogens is 4. The highest BCUT2D eigenvalue weighted by Gasteiger charge is 2.15. The number of nitrogens with zero attached hydrogens (tertiary/aromatic N) is 1. The van der Waals surface area contributed by atoms with Crippen LogP contribution in [0.1, 0.15) is 5.76 Å². The van der Waals surface area contributed by atoms with Gasteiger partial charge in [0.15, 0.2) is 0 Å². The standard InChI is InChI=1S/C20H10Cl4N2O2/c21-14-4-1-3-13(18(14)23)17-8-7-12(28-17)9-11(10-25)20(27)26-16-6-2-5-15(22)19(16)24/h1-9H,(H,26,27). The summed E-state index contributed by atoms with van der Waals surface area (Å²) in [6, 6.07) is 15.1. The largest absolute Gasteiger partial charge is 0.457 e. The van der Waals surface area contributed by atoms with Crippen molar-refractivity contribution in [1.29, 1.82) is 5.26 Å². The second kappa shape index (κ2) is 8.72. The third-order valence-electron chi connectivity index (χ3n) is 3.70. The van der Waals surface area contributed by atoms with Crippen LogP contribution in [0.5, 0.6) is 0 Å². The van der Waals surface area contributed by atoms with Crippen molar-refractivity contribution in [2.75, 3.05) is 5.32 Å². The molecule has 0 atom stereocenters. The van der Waals surface area contributed by atoms with Crippen LogP contribution in [-0.2, 0) is 4.79 Å². The Hall–Kier alpha value is -2.42. The average molecular weight is 452 g/mol. The molecule has 8 heteroatoms. The van der Waals surface area contributed by atoms with Crippen molar-refractivity contribution >= 4 is 64.1 Å². The minimum atomic E-state index is -0.648. The van der Waals surface area contributed by atoms with Gasteiger partial charge in [0.05, 0.1) is 25.8 Å². The molecule has 1 amide bonds. The van der Waals surface area contributed by atoms with Crippen LogP contribution in [0.4, 0.5) is 5.69 Å². The number of rotatable bonds is 4. The van der Waals surface area contributed by atoms with Gasteiger partial charge in [0.25, 0.3) is 5.91 Å². The minimum Gasteiger partial charge on any atom is -0.457 e. The van der Waals surface area contributed by atoms with Crippen molar-refractivity contribution in [2.45, 2.75) is 0 Å². The second-order valence-corrected chi connectivity index (χ2v) is 7.10. The average Bonchev–Trinajstić information content (AvgIpc) is 3.14. The lowest BCUT2D eigenvalue weighted by Gasteiger charge is -2.07. The van der Waals surface area contributed by atoms with Gasteiger partial charge >= 0.3 is 0 Å². The molecule has 0 saturated heterocycles. The molecule has 0 fully saturated rings. The van der Waals surface area contributed by atoms with E-state index in [-0.39, 0.29) is 15.6 Å². The molecule has 0 spiro atoms. The van der Waals surface area contributed by atoms with E-state index in [9.17, 15) is 10.1 Å². The maximum atomic E-state index is 12.4. The zero-order chi connectivity index (χ0) is 20.3. The van der Waals surface area contributed by atoms with Gasteiger partial charge in [-0.15, -0.1) is 0 Å². The van der Waals surface area contributed by atoms with Gasteiger partial charge < -0.3 is 9.73 Å². The van der Waals surface area contributed by atoms with E-state index in [1.807, 2.05) is 6.07 Å². The maximum absolute atomic E-state index is 12.4. The Morgan fingerprint density at radius 3 is 2.36 bits per heavy atom. The van der Waals surface area contributed by atoms with E-state index in [1.54, 1.807) is 48.5 Å². The molecule has 1 heterocycles. The number of hydrogen-bond donors (Lipinski definition) is 1. The first kappa shape index (κ1) is 20.3. The predicted molar refractivity (Wildman–Crippen MR) is 113 cm³/mol. The normalized spacial score (nSPS) is 11.2. The monoisotopic (exact) mass is 450 g/mol. The minimum absolute atomic E-state index is 0.172. The Morgan fingerprint density at radius 2 is 1.64 bits per heavy atom. The van der Waals surface area contributed by atoms with Gasteiger partial charge in [0.1, 0.15) is 23.2 Å². The van der Waals surface area contributed by atoms with Crippen molar-refractivity contribution < 1.29 is 9.21 Å². The summed E-state index contributed by atoms with van der Waals surface area (Å²) in [4.78, 5) is 12.4. The SMILES string of the molecule is N#CC(=Cc1ccc(-c2cccc(Cl)c2Cl)o1)C(=O)Nc1cccc(Cl)c1Cl. The molecule has 140 valence electrons. The molecule has 28 heavy (non-hydrogen) atoms. The summed E-state index contributed by atoms with van der Waals surface area (Å²) in [5, 5.41) is 13.1. The molecular formula is C20H10Cl4N2O2. The number of anilines is 1. The maximum Gasteiger partial charge on any atom is 0.266 e. The number of furan rings is 1. The van der Waals surface area contributed by atoms with E-state index in [0.717, 1.165) is 0 Å². The summed E-state index contributed by atoms with van der Waals surface area (Å²) in [6.07, 6.45) is 1.32. The van der Waals surface area contributed by atoms with Gasteiger partial charge in [0, 0.05) is 11.6 Å². The molecule has 0 aliphatic heterocycles. The number of carbonyl (C=O) groups excluding carboxylic acids is 1. The molecule has 1 N–H and O–H groups in total. The van der Waals surface area contributed by atoms with Crippen LogP contribution in [0.3, 0.4) is 0 Å². The molecule has 0 saturated carbocycles. The molecule has 3 rings (SSSR count). The van der Waals surface area contributed by atoms with Crippen LogP contribution in [0.25, 0.3) is 17.4 Å². The van der Waals surface area contributed by atoms with Crippen LogP contribution < -0.4 is 5.32 Å². The summed E-state index contributed by atoms with van der Waals surface area (Å²) < 4.78 is 5.68. The highest BCUT2D eigenvalue weighted by molar-refractivity contribution is 6.44. The zero-order valence-electron chi connectivity index (χ0n) is 14.0. The second-order valence-electron chi connectivity index (χ2n) is 5.53. The van der Waals surface area contributed by atoms with Gasteiger partial charge in [-0.25, -0.2) is 0 Å². The molecule has 2 aromatic carbocycles. The molecule has 3 aromatic rings. The summed E-state index contributed by atoms with van der Waals surface area (Å²) >= 11 is 24.2. The number of benzene rings is 2. The Kier molecular flexibility index (Phi) is 6.33. The Bertz CT molecular complexity index is 1130. The molecule has 0 radical (unpaired) electrons. The van der Waals surface area contributed by atoms with E-state index in [2.05, 4.69) is 5.32 Å². The van der Waals surface area contributed by atoms with Crippen molar-refractivity contribution in [3.63, 3.8) is 0 Å². The van der Waals surface area contributed by atoms with E-state index < -0.39 is 5.91 Å². The van der Waals surface area contributed by atoms with Crippen LogP contribution in [0, 0.1) is 11.3 Å². The first-order valence-corrected chi connectivity index (χ1v) is 9.33. The van der Waals surface area contributed by atoms with Gasteiger partial charge in [-0.3, -0.25) is 4.79 Å². The van der Waals surface area contributed by atoms with Crippen LogP contribution in [0.2, 0.25) is 20.1 Å². The number of nitriles is 1. The highest BCUT2D eigenvalue weighted by Crippen LogP contribution is 2.35. The third kappa shape index (κ3) is 4.35. The zero-order valence-corrected chi connectivity index (χ0v) is 17.0. The van der Waals surface area contributed by atoms with E-state index in [4.69, 9.17) is 50.8 Å². The van der Waals surface area contributed by atoms with E-state index >= 15 is 0 Å². The Labute approximate surface area is 180 Å². The summed E-state index contributed by atoms with van der Waals surface area (Å²) in [6.45, 7) is 0. The van der Waals surface area contributed by atoms with Crippen LogP contribution in [-0.4, -0.2) is 5.91 Å². The van der Waals surface area contributed by atoms with Gasteiger partial charge in [-0.2, -0.15) is 5.26 Å². The topological polar surface area (TPSA) is 66.0 Å². The Balaban J connectivity index is 1.86. The van der Waals surface area contributed by atoms with E-state index in [0.29, 0.717) is 32.8 Å².